The first-order valence-electron chi connectivity index (χ1n) is 9.67. The maximum Gasteiger partial charge on any atom is 0.416 e. The molecule has 0 aliphatic carbocycles. The molecule has 1 aliphatic heterocycles. The second-order valence-electron chi connectivity index (χ2n) is 7.54. The summed E-state index contributed by atoms with van der Waals surface area (Å²) in [4.78, 5) is 49.2. The molecule has 1 unspecified atom stereocenters. The third kappa shape index (κ3) is 6.69. The largest absolute Gasteiger partial charge is 0.451 e. The molecule has 0 radical (unpaired) electrons. The van der Waals surface area contributed by atoms with Crippen molar-refractivity contribution in [1.29, 1.82) is 0 Å². The Morgan fingerprint density at radius 1 is 1.23 bits per heavy atom. The summed E-state index contributed by atoms with van der Waals surface area (Å²) in [5.74, 6) is -2.32. The van der Waals surface area contributed by atoms with Crippen molar-refractivity contribution >= 4 is 35.1 Å². The van der Waals surface area contributed by atoms with Gasteiger partial charge in [-0.15, -0.1) is 0 Å². The third-order valence-electron chi connectivity index (χ3n) is 4.49. The van der Waals surface area contributed by atoms with E-state index in [1.165, 1.54) is 6.92 Å². The number of nitrogens with one attached hydrogen (secondary N) is 2. The van der Waals surface area contributed by atoms with E-state index in [1.54, 1.807) is 0 Å². The highest BCUT2D eigenvalue weighted by molar-refractivity contribution is 6.11. The summed E-state index contributed by atoms with van der Waals surface area (Å²) in [5, 5.41) is 4.70. The van der Waals surface area contributed by atoms with E-state index in [0.29, 0.717) is 12.3 Å². The fourth-order valence-electron chi connectivity index (χ4n) is 2.85. The van der Waals surface area contributed by atoms with Crippen molar-refractivity contribution in [2.75, 3.05) is 23.3 Å². The van der Waals surface area contributed by atoms with Crippen LogP contribution in [0.1, 0.15) is 39.2 Å². The van der Waals surface area contributed by atoms with E-state index in [1.807, 2.05) is 13.8 Å². The van der Waals surface area contributed by atoms with Crippen molar-refractivity contribution in [1.82, 2.24) is 5.32 Å². The minimum Gasteiger partial charge on any atom is -0.451 e. The number of rotatable bonds is 7. The first-order valence-corrected chi connectivity index (χ1v) is 9.67. The van der Waals surface area contributed by atoms with Crippen LogP contribution in [-0.2, 0) is 30.1 Å². The monoisotopic (exact) mass is 443 g/mol. The summed E-state index contributed by atoms with van der Waals surface area (Å²) in [6, 6.07) is 2.59. The van der Waals surface area contributed by atoms with Crippen LogP contribution in [0, 0.1) is 5.92 Å². The number of fused-ring (bicyclic) bond motifs is 1. The number of nitrogens with zero attached hydrogens (tertiary/aromatic N) is 1. The standard InChI is InChI=1S/C20H24F3N3O5/c1-11(2)4-7-16(27)24-9-18(29)31-12(3)19(30)26-10-17(28)25-14-8-13(20(21,22)23)5-6-15(14)26/h5-6,8,11-12H,4,7,9-10H2,1-3H3,(H,24,27)(H,25,28). The molecule has 31 heavy (non-hydrogen) atoms. The first kappa shape index (κ1) is 24.2. The summed E-state index contributed by atoms with van der Waals surface area (Å²) >= 11 is 0. The normalized spacial score (nSPS) is 14.5. The fourth-order valence-corrected chi connectivity index (χ4v) is 2.85. The van der Waals surface area contributed by atoms with Gasteiger partial charge in [0.2, 0.25) is 11.8 Å². The Hall–Kier alpha value is -3.11. The Morgan fingerprint density at radius 2 is 1.90 bits per heavy atom. The molecule has 0 fully saturated rings. The van der Waals surface area contributed by atoms with Crippen LogP contribution in [0.25, 0.3) is 0 Å². The van der Waals surface area contributed by atoms with E-state index in [-0.39, 0.29) is 23.7 Å². The molecule has 1 aliphatic rings. The van der Waals surface area contributed by atoms with Crippen molar-refractivity contribution in [3.8, 4) is 0 Å². The van der Waals surface area contributed by atoms with Crippen LogP contribution in [0.2, 0.25) is 0 Å². The number of anilines is 2. The molecule has 8 nitrogen and oxygen atoms in total. The summed E-state index contributed by atoms with van der Waals surface area (Å²) in [6.45, 7) is 4.32. The molecule has 0 aromatic heterocycles. The van der Waals surface area contributed by atoms with Crippen LogP contribution in [0.4, 0.5) is 24.5 Å². The zero-order valence-corrected chi connectivity index (χ0v) is 17.3. The lowest BCUT2D eigenvalue weighted by atomic mass is 10.1. The Balaban J connectivity index is 2.02. The molecule has 1 aromatic rings. The van der Waals surface area contributed by atoms with Crippen molar-refractivity contribution in [2.24, 2.45) is 5.92 Å². The van der Waals surface area contributed by atoms with Crippen LogP contribution in [0.5, 0.6) is 0 Å². The van der Waals surface area contributed by atoms with Gasteiger partial charge in [0.25, 0.3) is 5.91 Å². The smallest absolute Gasteiger partial charge is 0.416 e. The van der Waals surface area contributed by atoms with Crippen molar-refractivity contribution < 1.29 is 37.1 Å². The molecule has 2 rings (SSSR count). The minimum atomic E-state index is -4.62. The highest BCUT2D eigenvalue weighted by Crippen LogP contribution is 2.37. The maximum atomic E-state index is 12.9. The number of benzene rings is 1. The van der Waals surface area contributed by atoms with Crippen molar-refractivity contribution in [3.63, 3.8) is 0 Å². The molecule has 0 bridgehead atoms. The maximum absolute atomic E-state index is 12.9. The number of amides is 3. The van der Waals surface area contributed by atoms with Crippen molar-refractivity contribution in [3.05, 3.63) is 23.8 Å². The van der Waals surface area contributed by atoms with E-state index >= 15 is 0 Å². The third-order valence-corrected chi connectivity index (χ3v) is 4.49. The average molecular weight is 443 g/mol. The lowest BCUT2D eigenvalue weighted by Gasteiger charge is -2.31. The van der Waals surface area contributed by atoms with Crippen LogP contribution in [0.15, 0.2) is 18.2 Å². The number of carbonyl (C=O) groups is 4. The molecular formula is C20H24F3N3O5. The first-order chi connectivity index (χ1) is 14.4. The second-order valence-corrected chi connectivity index (χ2v) is 7.54. The number of halogens is 3. The van der Waals surface area contributed by atoms with Gasteiger partial charge in [0.05, 0.1) is 16.9 Å². The predicted octanol–water partition coefficient (Wildman–Crippen LogP) is 2.47. The van der Waals surface area contributed by atoms with Gasteiger partial charge in [-0.05, 0) is 37.5 Å². The number of ether oxygens (including phenoxy) is 1. The summed E-state index contributed by atoms with van der Waals surface area (Å²) in [6.07, 6.45) is -5.03. The van der Waals surface area contributed by atoms with E-state index < -0.39 is 48.7 Å². The summed E-state index contributed by atoms with van der Waals surface area (Å²) in [5.41, 5.74) is -1.09. The second kappa shape index (κ2) is 9.80. The molecule has 0 saturated heterocycles. The van der Waals surface area contributed by atoms with Gasteiger partial charge in [-0.3, -0.25) is 24.1 Å². The predicted molar refractivity (Wildman–Crippen MR) is 105 cm³/mol. The van der Waals surface area contributed by atoms with Gasteiger partial charge in [0.15, 0.2) is 6.10 Å². The Morgan fingerprint density at radius 3 is 2.52 bits per heavy atom. The molecule has 1 heterocycles. The van der Waals surface area contributed by atoms with Crippen LogP contribution in [-0.4, -0.2) is 42.9 Å². The Kier molecular flexibility index (Phi) is 7.64. The van der Waals surface area contributed by atoms with Gasteiger partial charge in [-0.25, -0.2) is 0 Å². The fraction of sp³-hybridized carbons (Fsp3) is 0.500. The van der Waals surface area contributed by atoms with Crippen LogP contribution < -0.4 is 15.5 Å². The number of esters is 1. The number of alkyl halides is 3. The molecule has 0 spiro atoms. The number of hydrogen-bond acceptors (Lipinski definition) is 5. The molecule has 0 saturated carbocycles. The Labute approximate surface area is 177 Å². The van der Waals surface area contributed by atoms with Crippen LogP contribution in [0.3, 0.4) is 0 Å². The van der Waals surface area contributed by atoms with Gasteiger partial charge in [-0.2, -0.15) is 13.2 Å². The molecule has 170 valence electrons. The van der Waals surface area contributed by atoms with Gasteiger partial charge in [-0.1, -0.05) is 13.8 Å². The summed E-state index contributed by atoms with van der Waals surface area (Å²) < 4.78 is 43.8. The topological polar surface area (TPSA) is 105 Å². The molecule has 1 aromatic carbocycles. The molecule has 2 N–H and O–H groups in total. The van der Waals surface area contributed by atoms with Crippen molar-refractivity contribution in [2.45, 2.75) is 45.9 Å². The molecule has 1 atom stereocenters. The minimum absolute atomic E-state index is 0.0579. The zero-order chi connectivity index (χ0) is 23.3. The highest BCUT2D eigenvalue weighted by Gasteiger charge is 2.35. The van der Waals surface area contributed by atoms with Gasteiger partial charge < -0.3 is 15.4 Å². The van der Waals surface area contributed by atoms with Gasteiger partial charge in [0, 0.05) is 6.42 Å². The SMILES string of the molecule is CC(C)CCC(=O)NCC(=O)OC(C)C(=O)N1CC(=O)Nc2cc(C(F)(F)F)ccc21. The lowest BCUT2D eigenvalue weighted by Crippen LogP contribution is -2.47. The van der Waals surface area contributed by atoms with Gasteiger partial charge >= 0.3 is 12.1 Å². The molecule has 11 heteroatoms. The molecular weight excluding hydrogens is 419 g/mol. The van der Waals surface area contributed by atoms with E-state index in [0.717, 1.165) is 23.1 Å². The molecule has 3 amide bonds. The average Bonchev–Trinajstić information content (AvgIpc) is 2.68. The highest BCUT2D eigenvalue weighted by atomic mass is 19.4. The quantitative estimate of drug-likeness (QED) is 0.630. The van der Waals surface area contributed by atoms with Crippen LogP contribution >= 0.6 is 0 Å². The van der Waals surface area contributed by atoms with E-state index in [4.69, 9.17) is 4.74 Å². The zero-order valence-electron chi connectivity index (χ0n) is 17.3. The number of hydrogen-bond donors (Lipinski definition) is 2. The summed E-state index contributed by atoms with van der Waals surface area (Å²) in [7, 11) is 0. The van der Waals surface area contributed by atoms with E-state index in [2.05, 4.69) is 10.6 Å². The Bertz CT molecular complexity index is 870. The lowest BCUT2D eigenvalue weighted by molar-refractivity contribution is -0.153. The number of carbonyl (C=O) groups excluding carboxylic acids is 4. The van der Waals surface area contributed by atoms with E-state index in [9.17, 15) is 32.3 Å². The van der Waals surface area contributed by atoms with Gasteiger partial charge in [0.1, 0.15) is 13.1 Å².